The first-order valence-electron chi connectivity index (χ1n) is 10.6. The van der Waals surface area contributed by atoms with Crippen molar-refractivity contribution in [2.45, 2.75) is 53.1 Å². The van der Waals surface area contributed by atoms with Crippen molar-refractivity contribution < 1.29 is 28.7 Å². The number of likely N-dealkylation sites (tertiary alicyclic amines) is 1. The molecule has 0 atom stereocenters. The second-order valence-corrected chi connectivity index (χ2v) is 8.03. The van der Waals surface area contributed by atoms with Gasteiger partial charge >= 0.3 is 6.09 Å². The first kappa shape index (κ1) is 25.1. The Kier molecular flexibility index (Phi) is 8.20. The number of fused-ring (bicyclic) bond motifs is 1. The second-order valence-electron chi connectivity index (χ2n) is 8.03. The Labute approximate surface area is 187 Å². The van der Waals surface area contributed by atoms with Crippen molar-refractivity contribution in [3.8, 4) is 5.75 Å². The number of nitrogens with zero attached hydrogens (tertiary/aromatic N) is 3. The van der Waals surface area contributed by atoms with Gasteiger partial charge in [0, 0.05) is 26.3 Å². The Morgan fingerprint density at radius 2 is 1.84 bits per heavy atom. The fourth-order valence-electron chi connectivity index (χ4n) is 3.38. The standard InChI is InChI=1S/C20H25N3O7.C2H6/c1-20(2,3)30-19(25)21-10-8-13(9-11-21)17-18(24)22(12-28-4)16-14(23(26)27)6-5-7-15(16)29-17;1-2/h5-7H,8-12H2,1-4H3;1-2H3. The van der Waals surface area contributed by atoms with Gasteiger partial charge in [-0.15, -0.1) is 0 Å². The van der Waals surface area contributed by atoms with Crippen molar-refractivity contribution >= 4 is 23.4 Å². The lowest BCUT2D eigenvalue weighted by Crippen LogP contribution is -2.43. The van der Waals surface area contributed by atoms with Crippen LogP contribution in [0.3, 0.4) is 0 Å². The summed E-state index contributed by atoms with van der Waals surface area (Å²) < 4.78 is 16.3. The maximum Gasteiger partial charge on any atom is 0.410 e. The number of anilines is 1. The Hall–Kier alpha value is -3.14. The molecule has 0 unspecified atom stereocenters. The molecule has 2 heterocycles. The van der Waals surface area contributed by atoms with Crippen molar-refractivity contribution in [3.05, 3.63) is 39.6 Å². The van der Waals surface area contributed by atoms with Crippen LogP contribution in [0.5, 0.6) is 5.75 Å². The van der Waals surface area contributed by atoms with E-state index in [-0.39, 0.29) is 29.6 Å². The molecule has 0 N–H and O–H groups in total. The fraction of sp³-hybridized carbons (Fsp3) is 0.545. The molecule has 0 spiro atoms. The molecular weight excluding hydrogens is 418 g/mol. The molecule has 0 radical (unpaired) electrons. The zero-order valence-electron chi connectivity index (χ0n) is 19.5. The molecule has 10 heteroatoms. The minimum atomic E-state index is -0.586. The highest BCUT2D eigenvalue weighted by Crippen LogP contribution is 2.43. The Balaban J connectivity index is 0.00000176. The van der Waals surface area contributed by atoms with Crippen LogP contribution in [0.2, 0.25) is 0 Å². The normalized spacial score (nSPS) is 16.0. The molecule has 10 nitrogen and oxygen atoms in total. The first-order valence-corrected chi connectivity index (χ1v) is 10.6. The van der Waals surface area contributed by atoms with Crippen LogP contribution >= 0.6 is 0 Å². The summed E-state index contributed by atoms with van der Waals surface area (Å²) in [5.41, 5.74) is 0.00168. The number of hydrogen-bond acceptors (Lipinski definition) is 7. The monoisotopic (exact) mass is 449 g/mol. The number of benzene rings is 1. The molecule has 1 saturated heterocycles. The summed E-state index contributed by atoms with van der Waals surface area (Å²) in [5.74, 6) is -0.152. The number of hydrogen-bond donors (Lipinski definition) is 0. The van der Waals surface area contributed by atoms with Crippen LogP contribution in [0.4, 0.5) is 16.2 Å². The summed E-state index contributed by atoms with van der Waals surface area (Å²) in [6, 6.07) is 4.40. The van der Waals surface area contributed by atoms with Crippen molar-refractivity contribution in [1.29, 1.82) is 0 Å². The number of ether oxygens (including phenoxy) is 3. The molecule has 176 valence electrons. The summed E-state index contributed by atoms with van der Waals surface area (Å²) in [5, 5.41) is 11.4. The van der Waals surface area contributed by atoms with Crippen LogP contribution in [-0.2, 0) is 14.3 Å². The molecule has 0 aromatic heterocycles. The number of carbonyl (C=O) groups is 2. The zero-order chi connectivity index (χ0) is 24.1. The van der Waals surface area contributed by atoms with Gasteiger partial charge in [-0.1, -0.05) is 19.9 Å². The van der Waals surface area contributed by atoms with Crippen LogP contribution in [-0.4, -0.2) is 54.4 Å². The average Bonchev–Trinajstić information content (AvgIpc) is 2.75. The third-order valence-electron chi connectivity index (χ3n) is 4.69. The van der Waals surface area contributed by atoms with Crippen molar-refractivity contribution in [3.63, 3.8) is 0 Å². The Morgan fingerprint density at radius 1 is 1.22 bits per heavy atom. The van der Waals surface area contributed by atoms with Crippen molar-refractivity contribution in [2.24, 2.45) is 0 Å². The number of rotatable bonds is 3. The van der Waals surface area contributed by atoms with Gasteiger partial charge in [-0.25, -0.2) is 4.79 Å². The molecule has 2 aliphatic rings. The smallest absolute Gasteiger partial charge is 0.410 e. The lowest BCUT2D eigenvalue weighted by molar-refractivity contribution is -0.384. The van der Waals surface area contributed by atoms with E-state index >= 15 is 0 Å². The molecule has 32 heavy (non-hydrogen) atoms. The Bertz CT molecular complexity index is 895. The number of methoxy groups -OCH3 is 1. The molecule has 2 amide bonds. The topological polar surface area (TPSA) is 111 Å². The van der Waals surface area contributed by atoms with Gasteiger partial charge in [-0.05, 0) is 45.3 Å². The van der Waals surface area contributed by atoms with E-state index in [9.17, 15) is 19.7 Å². The average molecular weight is 450 g/mol. The minimum absolute atomic E-state index is 0.0740. The number of para-hydroxylation sites is 1. The zero-order valence-corrected chi connectivity index (χ0v) is 19.5. The molecule has 1 aromatic rings. The van der Waals surface area contributed by atoms with Crippen molar-refractivity contribution in [2.75, 3.05) is 31.8 Å². The number of nitro benzene ring substituents is 1. The maximum atomic E-state index is 13.1. The summed E-state index contributed by atoms with van der Waals surface area (Å²) in [6.07, 6.45) is 0.473. The Morgan fingerprint density at radius 3 is 2.38 bits per heavy atom. The molecule has 1 aromatic carbocycles. The predicted molar refractivity (Wildman–Crippen MR) is 119 cm³/mol. The lowest BCUT2D eigenvalue weighted by atomic mass is 10.0. The number of nitro groups is 1. The molecule has 0 saturated carbocycles. The van der Waals surface area contributed by atoms with Crippen LogP contribution < -0.4 is 9.64 Å². The largest absolute Gasteiger partial charge is 0.449 e. The molecule has 1 fully saturated rings. The number of amides is 2. The number of piperidine rings is 1. The van der Waals surface area contributed by atoms with E-state index in [0.717, 1.165) is 5.57 Å². The fourth-order valence-corrected chi connectivity index (χ4v) is 3.38. The molecule has 2 aliphatic heterocycles. The van der Waals surface area contributed by atoms with Crippen LogP contribution in [0.25, 0.3) is 0 Å². The maximum absolute atomic E-state index is 13.1. The summed E-state index contributed by atoms with van der Waals surface area (Å²) in [7, 11) is 1.41. The minimum Gasteiger partial charge on any atom is -0.449 e. The number of carbonyl (C=O) groups excluding carboxylic acids is 2. The summed E-state index contributed by atoms with van der Waals surface area (Å²) in [6.45, 7) is 10.0. The molecule has 0 aliphatic carbocycles. The van der Waals surface area contributed by atoms with Gasteiger partial charge in [-0.2, -0.15) is 0 Å². The highest BCUT2D eigenvalue weighted by Gasteiger charge is 2.38. The summed E-state index contributed by atoms with van der Waals surface area (Å²) >= 11 is 0. The van der Waals surface area contributed by atoms with E-state index in [1.54, 1.807) is 31.7 Å². The van der Waals surface area contributed by atoms with Gasteiger partial charge < -0.3 is 19.1 Å². The molecule has 3 rings (SSSR count). The van der Waals surface area contributed by atoms with E-state index < -0.39 is 22.5 Å². The van der Waals surface area contributed by atoms with Gasteiger partial charge in [0.25, 0.3) is 11.6 Å². The van der Waals surface area contributed by atoms with E-state index in [1.807, 2.05) is 13.8 Å². The third-order valence-corrected chi connectivity index (χ3v) is 4.69. The highest BCUT2D eigenvalue weighted by molar-refractivity contribution is 6.09. The first-order chi connectivity index (χ1) is 15.1. The SMILES string of the molecule is CC.COCN1C(=O)C(=C2CCN(C(=O)OC(C)(C)C)CC2)Oc2cccc([N+](=O)[O-])c21. The molecule has 0 bridgehead atoms. The van der Waals surface area contributed by atoms with Gasteiger partial charge in [0.15, 0.2) is 17.2 Å². The van der Waals surface area contributed by atoms with Gasteiger partial charge in [-0.3, -0.25) is 19.8 Å². The summed E-state index contributed by atoms with van der Waals surface area (Å²) in [4.78, 5) is 39.0. The van der Waals surface area contributed by atoms with Gasteiger partial charge in [0.1, 0.15) is 12.3 Å². The highest BCUT2D eigenvalue weighted by atomic mass is 16.6. The van der Waals surface area contributed by atoms with Crippen LogP contribution in [0, 0.1) is 10.1 Å². The quantitative estimate of drug-likeness (QED) is 0.385. The van der Waals surface area contributed by atoms with E-state index in [0.29, 0.717) is 25.9 Å². The van der Waals surface area contributed by atoms with Crippen LogP contribution in [0.1, 0.15) is 47.5 Å². The lowest BCUT2D eigenvalue weighted by Gasteiger charge is -2.34. The van der Waals surface area contributed by atoms with E-state index in [2.05, 4.69) is 0 Å². The van der Waals surface area contributed by atoms with Gasteiger partial charge in [0.2, 0.25) is 0 Å². The van der Waals surface area contributed by atoms with Gasteiger partial charge in [0.05, 0.1) is 4.92 Å². The third kappa shape index (κ3) is 5.56. The predicted octanol–water partition coefficient (Wildman–Crippen LogP) is 4.24. The van der Waals surface area contributed by atoms with E-state index in [1.165, 1.54) is 24.1 Å². The molecular formula is C22H31N3O7. The van der Waals surface area contributed by atoms with Crippen LogP contribution in [0.15, 0.2) is 29.5 Å². The van der Waals surface area contributed by atoms with E-state index in [4.69, 9.17) is 14.2 Å². The van der Waals surface area contributed by atoms with Crippen molar-refractivity contribution in [1.82, 2.24) is 4.90 Å². The second kappa shape index (κ2) is 10.4.